The molecule has 1 saturated carbocycles. The fourth-order valence-electron chi connectivity index (χ4n) is 4.60. The second-order valence-corrected chi connectivity index (χ2v) is 7.86. The number of ether oxygens (including phenoxy) is 3. The van der Waals surface area contributed by atoms with E-state index in [1.165, 1.54) is 24.3 Å². The molecule has 2 heterocycles. The van der Waals surface area contributed by atoms with Gasteiger partial charge in [0.25, 0.3) is 0 Å². The van der Waals surface area contributed by atoms with Crippen LogP contribution in [0.15, 0.2) is 30.3 Å². The molecular weight excluding hydrogens is 380 g/mol. The minimum Gasteiger partial charge on any atom is -0.493 e. The predicted molar refractivity (Wildman–Crippen MR) is 99.7 cm³/mol. The molecular formula is C22H21F2NO4. The lowest BCUT2D eigenvalue weighted by atomic mass is 9.87. The van der Waals surface area contributed by atoms with Crippen molar-refractivity contribution in [1.82, 2.24) is 5.32 Å². The number of nitrogens with one attached hydrogen (secondary N) is 1. The quantitative estimate of drug-likeness (QED) is 0.855. The molecule has 1 aliphatic carbocycles. The first-order valence-corrected chi connectivity index (χ1v) is 9.79. The first-order chi connectivity index (χ1) is 14.1. The lowest BCUT2D eigenvalue weighted by Crippen LogP contribution is -2.32. The Morgan fingerprint density at radius 1 is 1.17 bits per heavy atom. The second-order valence-electron chi connectivity index (χ2n) is 7.86. The van der Waals surface area contributed by atoms with Gasteiger partial charge in [-0.1, -0.05) is 0 Å². The van der Waals surface area contributed by atoms with E-state index in [4.69, 9.17) is 14.2 Å². The molecule has 1 spiro atoms. The van der Waals surface area contributed by atoms with Gasteiger partial charge in [-0.05, 0) is 55.2 Å². The van der Waals surface area contributed by atoms with Crippen molar-refractivity contribution in [3.8, 4) is 11.5 Å². The maximum absolute atomic E-state index is 13.9. The van der Waals surface area contributed by atoms with Crippen LogP contribution < -0.4 is 14.8 Å². The van der Waals surface area contributed by atoms with Crippen molar-refractivity contribution in [2.45, 2.75) is 31.3 Å². The summed E-state index contributed by atoms with van der Waals surface area (Å²) in [6.07, 6.45) is 1.85. The standard InChI is InChI=1S/C22H21F2NO4/c23-15-1-2-19-17(9-15)22(4-6-28-19)10-18(22)21(26)25-5-3-13-7-16(24)8-14-11-27-12-29-20(13)14/h1-2,7-9,18H,3-6,10-12H2,(H,25,26)/t18-,22-/m1/s1. The maximum Gasteiger partial charge on any atom is 0.224 e. The zero-order chi connectivity index (χ0) is 20.0. The predicted octanol–water partition coefficient (Wildman–Crippen LogP) is 3.23. The smallest absolute Gasteiger partial charge is 0.224 e. The van der Waals surface area contributed by atoms with E-state index in [9.17, 15) is 13.6 Å². The number of hydrogen-bond acceptors (Lipinski definition) is 4. The molecule has 0 unspecified atom stereocenters. The topological polar surface area (TPSA) is 56.8 Å². The summed E-state index contributed by atoms with van der Waals surface area (Å²) in [5.41, 5.74) is 1.85. The molecule has 1 fully saturated rings. The molecule has 1 N–H and O–H groups in total. The Morgan fingerprint density at radius 3 is 2.97 bits per heavy atom. The SMILES string of the molecule is O=C(NCCc1cc(F)cc2c1OCOC2)[C@H]1C[C@@]12CCOc1ccc(F)cc12. The third-order valence-corrected chi connectivity index (χ3v) is 6.12. The number of amides is 1. The van der Waals surface area contributed by atoms with Crippen LogP contribution in [0.3, 0.4) is 0 Å². The Hall–Kier alpha value is -2.67. The molecule has 5 nitrogen and oxygen atoms in total. The van der Waals surface area contributed by atoms with Crippen molar-refractivity contribution < 1.29 is 27.8 Å². The van der Waals surface area contributed by atoms with E-state index >= 15 is 0 Å². The van der Waals surface area contributed by atoms with Crippen LogP contribution in [0.1, 0.15) is 29.5 Å². The number of rotatable bonds is 4. The van der Waals surface area contributed by atoms with Gasteiger partial charge in [-0.3, -0.25) is 4.79 Å². The molecule has 3 aliphatic rings. The van der Waals surface area contributed by atoms with E-state index in [1.54, 1.807) is 6.07 Å². The molecule has 5 rings (SSSR count). The number of carbonyl (C=O) groups excluding carboxylic acids is 1. The zero-order valence-electron chi connectivity index (χ0n) is 15.8. The van der Waals surface area contributed by atoms with Gasteiger partial charge in [0.15, 0.2) is 6.79 Å². The number of fused-ring (bicyclic) bond motifs is 3. The van der Waals surface area contributed by atoms with E-state index in [-0.39, 0.29) is 35.7 Å². The van der Waals surface area contributed by atoms with Gasteiger partial charge in [0.2, 0.25) is 5.91 Å². The number of benzene rings is 2. The minimum atomic E-state index is -0.346. The van der Waals surface area contributed by atoms with Gasteiger partial charge < -0.3 is 19.5 Å². The number of carbonyl (C=O) groups is 1. The van der Waals surface area contributed by atoms with Gasteiger partial charge in [0.05, 0.1) is 13.2 Å². The second kappa shape index (κ2) is 6.99. The van der Waals surface area contributed by atoms with Crippen LogP contribution in [-0.4, -0.2) is 25.9 Å². The van der Waals surface area contributed by atoms with Crippen LogP contribution in [0.2, 0.25) is 0 Å². The van der Waals surface area contributed by atoms with Crippen molar-refractivity contribution in [3.63, 3.8) is 0 Å². The summed E-state index contributed by atoms with van der Waals surface area (Å²) in [6.45, 7) is 1.35. The van der Waals surface area contributed by atoms with Gasteiger partial charge in [0.1, 0.15) is 23.1 Å². The van der Waals surface area contributed by atoms with E-state index in [1.807, 2.05) is 0 Å². The molecule has 152 valence electrons. The molecule has 2 aliphatic heterocycles. The molecule has 1 amide bonds. The normalized spacial score (nSPS) is 24.1. The fourth-order valence-corrected chi connectivity index (χ4v) is 4.60. The van der Waals surface area contributed by atoms with Crippen LogP contribution in [0.5, 0.6) is 11.5 Å². The third kappa shape index (κ3) is 3.23. The first-order valence-electron chi connectivity index (χ1n) is 9.79. The average molecular weight is 401 g/mol. The van der Waals surface area contributed by atoms with Crippen LogP contribution in [0.4, 0.5) is 8.78 Å². The molecule has 2 aromatic rings. The molecule has 29 heavy (non-hydrogen) atoms. The van der Waals surface area contributed by atoms with Crippen LogP contribution in [0, 0.1) is 17.6 Å². The Labute approximate surface area is 167 Å². The summed E-state index contributed by atoms with van der Waals surface area (Å²) in [5.74, 6) is 0.387. The molecule has 7 heteroatoms. The fraction of sp³-hybridized carbons (Fsp3) is 0.409. The zero-order valence-corrected chi connectivity index (χ0v) is 15.8. The lowest BCUT2D eigenvalue weighted by Gasteiger charge is -2.26. The largest absolute Gasteiger partial charge is 0.493 e. The molecule has 0 aromatic heterocycles. The van der Waals surface area contributed by atoms with Crippen LogP contribution >= 0.6 is 0 Å². The number of halogens is 2. The molecule has 0 bridgehead atoms. The van der Waals surface area contributed by atoms with E-state index < -0.39 is 0 Å². The van der Waals surface area contributed by atoms with Gasteiger partial charge in [-0.2, -0.15) is 0 Å². The minimum absolute atomic E-state index is 0.0587. The highest BCUT2D eigenvalue weighted by Gasteiger charge is 2.61. The van der Waals surface area contributed by atoms with E-state index in [0.717, 1.165) is 5.56 Å². The highest BCUT2D eigenvalue weighted by molar-refractivity contribution is 5.85. The Morgan fingerprint density at radius 2 is 2.07 bits per heavy atom. The molecule has 2 aromatic carbocycles. The molecule has 0 radical (unpaired) electrons. The van der Waals surface area contributed by atoms with E-state index in [0.29, 0.717) is 61.6 Å². The Kier molecular flexibility index (Phi) is 4.42. The summed E-state index contributed by atoms with van der Waals surface area (Å²) < 4.78 is 43.9. The van der Waals surface area contributed by atoms with Gasteiger partial charge >= 0.3 is 0 Å². The lowest BCUT2D eigenvalue weighted by molar-refractivity contribution is -0.122. The molecule has 2 atom stereocenters. The summed E-state index contributed by atoms with van der Waals surface area (Å²) in [7, 11) is 0. The van der Waals surface area contributed by atoms with Crippen molar-refractivity contribution in [2.24, 2.45) is 5.92 Å². The van der Waals surface area contributed by atoms with Gasteiger partial charge in [-0.15, -0.1) is 0 Å². The third-order valence-electron chi connectivity index (χ3n) is 6.12. The van der Waals surface area contributed by atoms with Gasteiger partial charge in [0, 0.05) is 29.0 Å². The first kappa shape index (κ1) is 18.4. The van der Waals surface area contributed by atoms with Crippen molar-refractivity contribution in [2.75, 3.05) is 19.9 Å². The average Bonchev–Trinajstić information content (AvgIpc) is 3.43. The maximum atomic E-state index is 13.9. The highest BCUT2D eigenvalue weighted by Crippen LogP contribution is 2.60. The van der Waals surface area contributed by atoms with Crippen molar-refractivity contribution in [1.29, 1.82) is 0 Å². The Balaban J connectivity index is 1.25. The van der Waals surface area contributed by atoms with E-state index in [2.05, 4.69) is 5.32 Å². The summed E-state index contributed by atoms with van der Waals surface area (Å²) in [4.78, 5) is 12.7. The van der Waals surface area contributed by atoms with Crippen LogP contribution in [-0.2, 0) is 28.0 Å². The van der Waals surface area contributed by atoms with Gasteiger partial charge in [-0.25, -0.2) is 8.78 Å². The van der Waals surface area contributed by atoms with Crippen molar-refractivity contribution >= 4 is 5.91 Å². The van der Waals surface area contributed by atoms with Crippen molar-refractivity contribution in [3.05, 3.63) is 58.7 Å². The van der Waals surface area contributed by atoms with Crippen LogP contribution in [0.25, 0.3) is 0 Å². The Bertz CT molecular complexity index is 980. The highest BCUT2D eigenvalue weighted by atomic mass is 19.1. The summed E-state index contributed by atoms with van der Waals surface area (Å²) in [6, 6.07) is 7.34. The summed E-state index contributed by atoms with van der Waals surface area (Å²) in [5, 5.41) is 2.95. The molecule has 0 saturated heterocycles. The monoisotopic (exact) mass is 401 g/mol. The summed E-state index contributed by atoms with van der Waals surface area (Å²) >= 11 is 0. The number of hydrogen-bond donors (Lipinski definition) is 1.